The molecule has 0 saturated carbocycles. The van der Waals surface area contributed by atoms with Gasteiger partial charge in [-0.05, 0) is 6.07 Å². The lowest BCUT2D eigenvalue weighted by molar-refractivity contribution is -0.384. The average molecular weight is 261 g/mol. The maximum absolute atomic E-state index is 10.7. The Bertz CT molecular complexity index is 440. The Balaban J connectivity index is 2.65. The predicted octanol–water partition coefficient (Wildman–Crippen LogP) is 1.15. The van der Waals surface area contributed by atoms with Gasteiger partial charge in [0.25, 0.3) is 0 Å². The number of hydrogen-bond donors (Lipinski definition) is 2. The highest BCUT2D eigenvalue weighted by Gasteiger charge is 2.15. The van der Waals surface area contributed by atoms with E-state index < -0.39 is 11.0 Å². The third kappa shape index (κ3) is 4.11. The van der Waals surface area contributed by atoms with Crippen LogP contribution < -0.4 is 11.1 Å². The number of nitrogens with zero attached hydrogens (tertiary/aromatic N) is 2. The van der Waals surface area contributed by atoms with Crippen LogP contribution in [0.2, 0.25) is 5.15 Å². The van der Waals surface area contributed by atoms with E-state index in [0.717, 1.165) is 0 Å². The molecule has 17 heavy (non-hydrogen) atoms. The first-order valence-corrected chi connectivity index (χ1v) is 4.85. The summed E-state index contributed by atoms with van der Waals surface area (Å²) in [5.41, 5.74) is 4.53. The molecule has 3 N–H and O–H groups in total. The fourth-order valence-corrected chi connectivity index (χ4v) is 1.17. The number of amides is 1. The minimum Gasteiger partial charge on any atom is -0.448 e. The van der Waals surface area contributed by atoms with Crippen molar-refractivity contribution in [1.82, 2.24) is 4.98 Å². The Kier molecular flexibility index (Phi) is 4.46. The van der Waals surface area contributed by atoms with E-state index in [1.54, 1.807) is 0 Å². The number of primary amides is 1. The van der Waals surface area contributed by atoms with E-state index in [4.69, 9.17) is 17.3 Å². The molecule has 1 rings (SSSR count). The van der Waals surface area contributed by atoms with Crippen LogP contribution >= 0.6 is 11.6 Å². The number of aromatic nitrogens is 1. The summed E-state index contributed by atoms with van der Waals surface area (Å²) in [6.07, 6.45) is -0.916. The first-order valence-electron chi connectivity index (χ1n) is 4.47. The number of halogens is 1. The summed E-state index contributed by atoms with van der Waals surface area (Å²) in [6.45, 7) is 0.109. The minimum absolute atomic E-state index is 0.00979. The Labute approximate surface area is 101 Å². The molecule has 0 atom stereocenters. The normalized spacial score (nSPS) is 9.71. The molecular formula is C8H9ClN4O4. The molecule has 8 nitrogen and oxygen atoms in total. The molecule has 0 fully saturated rings. The van der Waals surface area contributed by atoms with Crippen molar-refractivity contribution in [3.05, 3.63) is 27.4 Å². The van der Waals surface area contributed by atoms with Crippen molar-refractivity contribution in [3.63, 3.8) is 0 Å². The fourth-order valence-electron chi connectivity index (χ4n) is 1.03. The van der Waals surface area contributed by atoms with E-state index in [1.807, 2.05) is 0 Å². The van der Waals surface area contributed by atoms with Gasteiger partial charge in [-0.1, -0.05) is 11.6 Å². The number of ether oxygens (including phenoxy) is 1. The molecule has 0 radical (unpaired) electrons. The number of pyridine rings is 1. The lowest BCUT2D eigenvalue weighted by atomic mass is 10.4. The molecular weight excluding hydrogens is 252 g/mol. The molecule has 0 aliphatic carbocycles. The van der Waals surface area contributed by atoms with Crippen LogP contribution in [-0.4, -0.2) is 29.2 Å². The molecule has 0 unspecified atom stereocenters. The molecule has 1 aromatic rings. The summed E-state index contributed by atoms with van der Waals surface area (Å²) in [4.78, 5) is 24.1. The zero-order chi connectivity index (χ0) is 12.8. The van der Waals surface area contributed by atoms with Crippen LogP contribution in [0.15, 0.2) is 12.1 Å². The molecule has 0 spiro atoms. The second-order valence-corrected chi connectivity index (χ2v) is 3.24. The van der Waals surface area contributed by atoms with Crippen molar-refractivity contribution in [2.45, 2.75) is 0 Å². The van der Waals surface area contributed by atoms with Gasteiger partial charge in [-0.25, -0.2) is 9.78 Å². The summed E-state index contributed by atoms with van der Waals surface area (Å²) in [5.74, 6) is 0.00979. The van der Waals surface area contributed by atoms with Crippen LogP contribution in [0.4, 0.5) is 16.3 Å². The molecule has 92 valence electrons. The molecule has 0 aliphatic heterocycles. The third-order valence-electron chi connectivity index (χ3n) is 1.68. The van der Waals surface area contributed by atoms with E-state index in [-0.39, 0.29) is 29.8 Å². The van der Waals surface area contributed by atoms with E-state index in [9.17, 15) is 14.9 Å². The van der Waals surface area contributed by atoms with Gasteiger partial charge in [0.1, 0.15) is 11.8 Å². The molecule has 1 aromatic heterocycles. The van der Waals surface area contributed by atoms with Gasteiger partial charge < -0.3 is 15.8 Å². The minimum atomic E-state index is -0.916. The second-order valence-electron chi connectivity index (χ2n) is 2.85. The standard InChI is InChI=1S/C8H9ClN4O4/c9-6-2-1-5(13(15)16)7(12-6)11-3-4-17-8(10)14/h1-2H,3-4H2,(H2,10,14)(H,11,12). The molecule has 0 saturated heterocycles. The summed E-state index contributed by atoms with van der Waals surface area (Å²) < 4.78 is 4.44. The predicted molar refractivity (Wildman–Crippen MR) is 59.9 cm³/mol. The lowest BCUT2D eigenvalue weighted by Crippen LogP contribution is -2.19. The number of carbonyl (C=O) groups is 1. The zero-order valence-corrected chi connectivity index (χ0v) is 9.31. The van der Waals surface area contributed by atoms with Crippen LogP contribution in [0.5, 0.6) is 0 Å². The maximum Gasteiger partial charge on any atom is 0.404 e. The monoisotopic (exact) mass is 260 g/mol. The number of nitrogens with one attached hydrogen (secondary N) is 1. The van der Waals surface area contributed by atoms with E-state index in [0.29, 0.717) is 0 Å². The smallest absolute Gasteiger partial charge is 0.404 e. The second kappa shape index (κ2) is 5.85. The SMILES string of the molecule is NC(=O)OCCNc1nc(Cl)ccc1[N+](=O)[O-]. The van der Waals surface area contributed by atoms with Gasteiger partial charge in [0.2, 0.25) is 5.82 Å². The van der Waals surface area contributed by atoms with Gasteiger partial charge in [0.05, 0.1) is 11.5 Å². The number of rotatable bonds is 5. The largest absolute Gasteiger partial charge is 0.448 e. The van der Waals surface area contributed by atoms with Gasteiger partial charge in [0.15, 0.2) is 0 Å². The molecule has 0 aromatic carbocycles. The van der Waals surface area contributed by atoms with Crippen molar-refractivity contribution < 1.29 is 14.5 Å². The summed E-state index contributed by atoms with van der Waals surface area (Å²) in [5, 5.41) is 13.4. The Hall–Kier alpha value is -2.09. The van der Waals surface area contributed by atoms with Crippen molar-refractivity contribution in [2.24, 2.45) is 5.73 Å². The highest BCUT2D eigenvalue weighted by molar-refractivity contribution is 6.29. The van der Waals surface area contributed by atoms with Crippen LogP contribution in [0.25, 0.3) is 0 Å². The highest BCUT2D eigenvalue weighted by Crippen LogP contribution is 2.23. The first kappa shape index (κ1) is 13.0. The van der Waals surface area contributed by atoms with Gasteiger partial charge in [-0.3, -0.25) is 10.1 Å². The van der Waals surface area contributed by atoms with Crippen molar-refractivity contribution in [1.29, 1.82) is 0 Å². The van der Waals surface area contributed by atoms with Crippen LogP contribution in [0, 0.1) is 10.1 Å². The molecule has 0 aliphatic rings. The average Bonchev–Trinajstić information content (AvgIpc) is 2.23. The quantitative estimate of drug-likeness (QED) is 0.354. The van der Waals surface area contributed by atoms with Gasteiger partial charge in [-0.15, -0.1) is 0 Å². The number of hydrogen-bond acceptors (Lipinski definition) is 6. The van der Waals surface area contributed by atoms with Crippen molar-refractivity contribution >= 4 is 29.2 Å². The van der Waals surface area contributed by atoms with Crippen LogP contribution in [-0.2, 0) is 4.74 Å². The highest BCUT2D eigenvalue weighted by atomic mass is 35.5. The number of carbonyl (C=O) groups excluding carboxylic acids is 1. The van der Waals surface area contributed by atoms with Gasteiger partial charge in [0, 0.05) is 6.07 Å². The molecule has 1 amide bonds. The topological polar surface area (TPSA) is 120 Å². The summed E-state index contributed by atoms with van der Waals surface area (Å²) in [7, 11) is 0. The molecule has 1 heterocycles. The first-order chi connectivity index (χ1) is 8.00. The van der Waals surface area contributed by atoms with Crippen LogP contribution in [0.1, 0.15) is 0 Å². The number of nitro groups is 1. The molecule has 0 bridgehead atoms. The molecule has 9 heteroatoms. The van der Waals surface area contributed by atoms with E-state index >= 15 is 0 Å². The van der Waals surface area contributed by atoms with E-state index in [1.165, 1.54) is 12.1 Å². The van der Waals surface area contributed by atoms with Crippen molar-refractivity contribution in [3.8, 4) is 0 Å². The lowest BCUT2D eigenvalue weighted by Gasteiger charge is -2.06. The van der Waals surface area contributed by atoms with Crippen LogP contribution in [0.3, 0.4) is 0 Å². The Morgan fingerprint density at radius 3 is 2.94 bits per heavy atom. The van der Waals surface area contributed by atoms with Gasteiger partial charge >= 0.3 is 11.8 Å². The van der Waals surface area contributed by atoms with Crippen molar-refractivity contribution in [2.75, 3.05) is 18.5 Å². The summed E-state index contributed by atoms with van der Waals surface area (Å²) >= 11 is 5.61. The zero-order valence-electron chi connectivity index (χ0n) is 8.55. The van der Waals surface area contributed by atoms with E-state index in [2.05, 4.69) is 15.0 Å². The fraction of sp³-hybridized carbons (Fsp3) is 0.250. The Morgan fingerprint density at radius 2 is 2.35 bits per heavy atom. The summed E-state index contributed by atoms with van der Waals surface area (Å²) in [6, 6.07) is 2.54. The third-order valence-corrected chi connectivity index (χ3v) is 1.89. The number of nitrogens with two attached hydrogens (primary N) is 1. The van der Waals surface area contributed by atoms with Gasteiger partial charge in [-0.2, -0.15) is 0 Å². The Morgan fingerprint density at radius 1 is 1.65 bits per heavy atom. The number of anilines is 1. The maximum atomic E-state index is 10.7.